The molecule has 2 N–H and O–H groups in total. The first kappa shape index (κ1) is 21.0. The van der Waals surface area contributed by atoms with Gasteiger partial charge in [0.1, 0.15) is 0 Å². The van der Waals surface area contributed by atoms with Gasteiger partial charge in [0.2, 0.25) is 5.91 Å². The Morgan fingerprint density at radius 3 is 2.37 bits per heavy atom. The van der Waals surface area contributed by atoms with Crippen molar-refractivity contribution in [1.29, 1.82) is 0 Å². The number of hydrogen-bond acceptors (Lipinski definition) is 5. The Hall–Kier alpha value is -3.74. The highest BCUT2D eigenvalue weighted by molar-refractivity contribution is 6.07. The number of nitrogens with one attached hydrogen (secondary N) is 2. The Kier molecular flexibility index (Phi) is 6.75. The van der Waals surface area contributed by atoms with Gasteiger partial charge in [0, 0.05) is 17.5 Å². The molecule has 0 fully saturated rings. The van der Waals surface area contributed by atoms with Crippen LogP contribution in [0.15, 0.2) is 54.6 Å². The number of ether oxygens (including phenoxy) is 1. The number of hydrogen-bond donors (Lipinski definition) is 2. The van der Waals surface area contributed by atoms with Crippen LogP contribution < -0.4 is 10.6 Å². The molecule has 7 heteroatoms. The molecule has 0 bridgehead atoms. The molecule has 1 heterocycles. The van der Waals surface area contributed by atoms with Gasteiger partial charge in [-0.3, -0.25) is 9.59 Å². The van der Waals surface area contributed by atoms with Gasteiger partial charge < -0.3 is 15.4 Å². The number of rotatable bonds is 7. The lowest BCUT2D eigenvalue weighted by Gasteiger charge is -2.14. The zero-order valence-electron chi connectivity index (χ0n) is 16.9. The smallest absolute Gasteiger partial charge is 0.339 e. The second-order valence-corrected chi connectivity index (χ2v) is 6.65. The molecule has 0 atom stereocenters. The van der Waals surface area contributed by atoms with Crippen molar-refractivity contribution in [2.24, 2.45) is 0 Å². The number of carbonyl (C=O) groups is 3. The maximum atomic E-state index is 12.9. The number of likely N-dealkylation sites (N-methyl/N-ethyl adjacent to an activating group) is 1. The third kappa shape index (κ3) is 4.81. The predicted octanol–water partition coefficient (Wildman–Crippen LogP) is 2.62. The van der Waals surface area contributed by atoms with E-state index in [1.54, 1.807) is 13.0 Å². The first-order valence-corrected chi connectivity index (χ1v) is 9.66. The van der Waals surface area contributed by atoms with Gasteiger partial charge in [-0.05, 0) is 25.5 Å². The fourth-order valence-electron chi connectivity index (χ4n) is 3.14. The molecule has 1 aromatic heterocycles. The van der Waals surface area contributed by atoms with Crippen LogP contribution in [0.2, 0.25) is 0 Å². The normalized spacial score (nSPS) is 10.5. The second-order valence-electron chi connectivity index (χ2n) is 6.65. The highest BCUT2D eigenvalue weighted by atomic mass is 16.5. The zero-order chi connectivity index (χ0) is 21.5. The lowest BCUT2D eigenvalue weighted by Crippen LogP contribution is -2.38. The maximum absolute atomic E-state index is 12.9. The molecular formula is C23H23N3O4. The Labute approximate surface area is 174 Å². The van der Waals surface area contributed by atoms with E-state index >= 15 is 0 Å². The Morgan fingerprint density at radius 2 is 1.63 bits per heavy atom. The predicted molar refractivity (Wildman–Crippen MR) is 114 cm³/mol. The van der Waals surface area contributed by atoms with E-state index in [4.69, 9.17) is 9.72 Å². The Morgan fingerprint density at radius 1 is 0.933 bits per heavy atom. The molecule has 0 aliphatic rings. The summed E-state index contributed by atoms with van der Waals surface area (Å²) in [6.07, 6.45) is 0. The van der Waals surface area contributed by atoms with E-state index in [1.807, 2.05) is 55.5 Å². The number of nitrogens with zero attached hydrogens (tertiary/aromatic N) is 1. The van der Waals surface area contributed by atoms with Crippen molar-refractivity contribution in [3.05, 3.63) is 65.7 Å². The van der Waals surface area contributed by atoms with Gasteiger partial charge in [0.25, 0.3) is 5.91 Å². The number of benzene rings is 2. The van der Waals surface area contributed by atoms with Crippen molar-refractivity contribution in [1.82, 2.24) is 15.6 Å². The molecule has 0 aliphatic carbocycles. The molecule has 3 rings (SSSR count). The van der Waals surface area contributed by atoms with Gasteiger partial charge in [-0.2, -0.15) is 0 Å². The molecule has 154 valence electrons. The highest BCUT2D eigenvalue weighted by Crippen LogP contribution is 2.30. The van der Waals surface area contributed by atoms with Crippen LogP contribution >= 0.6 is 0 Å². The highest BCUT2D eigenvalue weighted by Gasteiger charge is 2.20. The van der Waals surface area contributed by atoms with Gasteiger partial charge in [0.05, 0.1) is 23.3 Å². The summed E-state index contributed by atoms with van der Waals surface area (Å²) in [5.41, 5.74) is 3.27. The van der Waals surface area contributed by atoms with Crippen LogP contribution in [0.4, 0.5) is 0 Å². The molecular weight excluding hydrogens is 382 g/mol. The van der Waals surface area contributed by atoms with Crippen molar-refractivity contribution in [3.8, 4) is 11.3 Å². The van der Waals surface area contributed by atoms with E-state index < -0.39 is 18.5 Å². The summed E-state index contributed by atoms with van der Waals surface area (Å²) in [4.78, 5) is 41.0. The molecule has 0 aliphatic heterocycles. The fourth-order valence-corrected chi connectivity index (χ4v) is 3.14. The van der Waals surface area contributed by atoms with Gasteiger partial charge in [-0.1, -0.05) is 48.5 Å². The molecule has 2 aromatic carbocycles. The molecule has 0 unspecified atom stereocenters. The SMILES string of the molecule is CCNC(=O)CNC(=O)COC(=O)c1c(C)c(-c2ccccc2)nc2ccccc12. The van der Waals surface area contributed by atoms with Gasteiger partial charge in [-0.15, -0.1) is 0 Å². The zero-order valence-corrected chi connectivity index (χ0v) is 16.9. The maximum Gasteiger partial charge on any atom is 0.339 e. The fraction of sp³-hybridized carbons (Fsp3) is 0.217. The largest absolute Gasteiger partial charge is 0.452 e. The number of para-hydroxylation sites is 1. The first-order chi connectivity index (χ1) is 14.5. The van der Waals surface area contributed by atoms with Crippen LogP contribution in [0.5, 0.6) is 0 Å². The summed E-state index contributed by atoms with van der Waals surface area (Å²) in [7, 11) is 0. The molecule has 0 spiro atoms. The minimum atomic E-state index is -0.614. The van der Waals surface area contributed by atoms with Crippen molar-refractivity contribution in [2.75, 3.05) is 19.7 Å². The number of esters is 1. The summed E-state index contributed by atoms with van der Waals surface area (Å²) < 4.78 is 5.25. The van der Waals surface area contributed by atoms with E-state index in [2.05, 4.69) is 10.6 Å². The van der Waals surface area contributed by atoms with Crippen LogP contribution in [-0.4, -0.2) is 42.5 Å². The molecule has 30 heavy (non-hydrogen) atoms. The Bertz CT molecular complexity index is 1080. The monoisotopic (exact) mass is 405 g/mol. The lowest BCUT2D eigenvalue weighted by atomic mass is 9.98. The molecule has 2 amide bonds. The summed E-state index contributed by atoms with van der Waals surface area (Å²) in [6, 6.07) is 16.9. The number of amides is 2. The van der Waals surface area contributed by atoms with Crippen molar-refractivity contribution in [2.45, 2.75) is 13.8 Å². The van der Waals surface area contributed by atoms with Crippen molar-refractivity contribution in [3.63, 3.8) is 0 Å². The first-order valence-electron chi connectivity index (χ1n) is 9.66. The quantitative estimate of drug-likeness (QED) is 0.589. The minimum absolute atomic E-state index is 0.167. The van der Waals surface area contributed by atoms with Crippen LogP contribution in [0, 0.1) is 6.92 Å². The van der Waals surface area contributed by atoms with Gasteiger partial charge in [0.15, 0.2) is 6.61 Å². The standard InChI is InChI=1S/C23H23N3O4/c1-3-24-19(27)13-25-20(28)14-30-23(29)21-15(2)22(16-9-5-4-6-10-16)26-18-12-8-7-11-17(18)21/h4-12H,3,13-14H2,1-2H3,(H,24,27)(H,25,28). The summed E-state index contributed by atoms with van der Waals surface area (Å²) >= 11 is 0. The Balaban J connectivity index is 1.84. The summed E-state index contributed by atoms with van der Waals surface area (Å²) in [5.74, 6) is -1.47. The van der Waals surface area contributed by atoms with Crippen LogP contribution in [-0.2, 0) is 14.3 Å². The number of carbonyl (C=O) groups excluding carboxylic acids is 3. The van der Waals surface area contributed by atoms with Gasteiger partial charge >= 0.3 is 5.97 Å². The van der Waals surface area contributed by atoms with Crippen molar-refractivity contribution < 1.29 is 19.1 Å². The van der Waals surface area contributed by atoms with E-state index in [-0.39, 0.29) is 12.5 Å². The van der Waals surface area contributed by atoms with Crippen LogP contribution in [0.3, 0.4) is 0 Å². The third-order valence-corrected chi connectivity index (χ3v) is 4.54. The lowest BCUT2D eigenvalue weighted by molar-refractivity contribution is -0.127. The molecule has 0 saturated heterocycles. The average molecular weight is 405 g/mol. The summed E-state index contributed by atoms with van der Waals surface area (Å²) in [6.45, 7) is 3.43. The van der Waals surface area contributed by atoms with Crippen molar-refractivity contribution >= 4 is 28.7 Å². The molecule has 3 aromatic rings. The number of fused-ring (bicyclic) bond motifs is 1. The number of aromatic nitrogens is 1. The topological polar surface area (TPSA) is 97.4 Å². The molecule has 7 nitrogen and oxygen atoms in total. The van der Waals surface area contributed by atoms with E-state index in [1.165, 1.54) is 0 Å². The number of pyridine rings is 1. The summed E-state index contributed by atoms with van der Waals surface area (Å²) in [5, 5.41) is 5.65. The average Bonchev–Trinajstić information content (AvgIpc) is 2.76. The van der Waals surface area contributed by atoms with Crippen LogP contribution in [0.25, 0.3) is 22.2 Å². The third-order valence-electron chi connectivity index (χ3n) is 4.54. The van der Waals surface area contributed by atoms with E-state index in [0.29, 0.717) is 34.3 Å². The second kappa shape index (κ2) is 9.65. The van der Waals surface area contributed by atoms with Crippen LogP contribution in [0.1, 0.15) is 22.8 Å². The minimum Gasteiger partial charge on any atom is -0.452 e. The van der Waals surface area contributed by atoms with Gasteiger partial charge in [-0.25, -0.2) is 9.78 Å². The molecule has 0 radical (unpaired) electrons. The molecule has 0 saturated carbocycles. The van der Waals surface area contributed by atoms with E-state index in [9.17, 15) is 14.4 Å². The van der Waals surface area contributed by atoms with E-state index in [0.717, 1.165) is 5.56 Å².